The second-order valence-electron chi connectivity index (χ2n) is 5.10. The molecule has 20 heavy (non-hydrogen) atoms. The third-order valence-corrected chi connectivity index (χ3v) is 3.88. The van der Waals surface area contributed by atoms with Crippen molar-refractivity contribution in [1.29, 1.82) is 0 Å². The van der Waals surface area contributed by atoms with Gasteiger partial charge in [-0.25, -0.2) is 4.39 Å². The number of nitrogens with zero attached hydrogens (tertiary/aromatic N) is 1. The van der Waals surface area contributed by atoms with Crippen LogP contribution in [0.1, 0.15) is 12.8 Å². The van der Waals surface area contributed by atoms with Crippen LogP contribution in [0, 0.1) is 17.7 Å². The molecule has 2 amide bonds. The predicted octanol–water partition coefficient (Wildman–Crippen LogP) is 2.15. The molecule has 4 nitrogen and oxygen atoms in total. The van der Waals surface area contributed by atoms with E-state index >= 15 is 0 Å². The Kier molecular flexibility index (Phi) is 3.26. The van der Waals surface area contributed by atoms with Crippen LogP contribution >= 0.6 is 0 Å². The quantitative estimate of drug-likeness (QED) is 0.678. The van der Waals surface area contributed by atoms with Crippen LogP contribution in [-0.4, -0.2) is 23.4 Å². The smallest absolute Gasteiger partial charge is 0.234 e. The summed E-state index contributed by atoms with van der Waals surface area (Å²) in [4.78, 5) is 25.7. The van der Waals surface area contributed by atoms with E-state index in [0.717, 1.165) is 0 Å². The molecule has 0 aromatic heterocycles. The van der Waals surface area contributed by atoms with Gasteiger partial charge >= 0.3 is 0 Å². The lowest BCUT2D eigenvalue weighted by Gasteiger charge is -2.16. The molecule has 0 saturated carbocycles. The number of benzene rings is 1. The lowest BCUT2D eigenvalue weighted by atomic mass is 9.85. The lowest BCUT2D eigenvalue weighted by Crippen LogP contribution is -2.35. The van der Waals surface area contributed by atoms with Gasteiger partial charge in [-0.3, -0.25) is 14.5 Å². The second-order valence-corrected chi connectivity index (χ2v) is 5.10. The molecule has 1 aliphatic carbocycles. The first kappa shape index (κ1) is 12.8. The first-order chi connectivity index (χ1) is 9.66. The Morgan fingerprint density at radius 2 is 1.60 bits per heavy atom. The first-order valence-corrected chi connectivity index (χ1v) is 6.66. The summed E-state index contributed by atoms with van der Waals surface area (Å²) in [7, 11) is 0. The highest BCUT2D eigenvalue weighted by Crippen LogP contribution is 2.34. The highest BCUT2D eigenvalue weighted by Gasteiger charge is 2.46. The summed E-state index contributed by atoms with van der Waals surface area (Å²) >= 11 is 0. The summed E-state index contributed by atoms with van der Waals surface area (Å²) in [5.41, 5.74) is 0.681. The third kappa shape index (κ3) is 2.19. The van der Waals surface area contributed by atoms with Gasteiger partial charge in [-0.15, -0.1) is 0 Å². The Bertz CT molecular complexity index is 542. The van der Waals surface area contributed by atoms with Crippen LogP contribution in [0.4, 0.5) is 10.1 Å². The van der Waals surface area contributed by atoms with Gasteiger partial charge in [0.05, 0.1) is 18.5 Å². The molecular weight excluding hydrogens is 259 g/mol. The van der Waals surface area contributed by atoms with E-state index in [2.05, 4.69) is 5.32 Å². The molecule has 104 valence electrons. The number of likely N-dealkylation sites (tertiary alicyclic amines) is 1. The number of carbonyl (C=O) groups excluding carboxylic acids is 2. The molecule has 1 fully saturated rings. The van der Waals surface area contributed by atoms with Crippen LogP contribution in [0.2, 0.25) is 0 Å². The standard InChI is InChI=1S/C15H15FN2O2/c16-10-5-7-11(8-6-10)17-9-18-14(19)12-3-1-2-4-13(12)15(18)20/h1-2,5-8,12-13,17H,3-4,9H2/t12-,13-/m1/s1. The number of anilines is 1. The fourth-order valence-electron chi connectivity index (χ4n) is 2.76. The van der Waals surface area contributed by atoms with Crippen LogP contribution in [0.25, 0.3) is 0 Å². The molecule has 0 unspecified atom stereocenters. The summed E-state index contributed by atoms with van der Waals surface area (Å²) < 4.78 is 12.8. The number of amides is 2. The number of nitrogens with one attached hydrogen (secondary N) is 1. The monoisotopic (exact) mass is 274 g/mol. The van der Waals surface area contributed by atoms with Crippen molar-refractivity contribution in [3.63, 3.8) is 0 Å². The Morgan fingerprint density at radius 1 is 1.05 bits per heavy atom. The molecule has 0 radical (unpaired) electrons. The highest BCUT2D eigenvalue weighted by atomic mass is 19.1. The van der Waals surface area contributed by atoms with Gasteiger partial charge in [0, 0.05) is 5.69 Å². The van der Waals surface area contributed by atoms with E-state index in [1.807, 2.05) is 12.2 Å². The van der Waals surface area contributed by atoms with Crippen LogP contribution in [0.3, 0.4) is 0 Å². The lowest BCUT2D eigenvalue weighted by molar-refractivity contribution is -0.139. The molecule has 1 heterocycles. The van der Waals surface area contributed by atoms with Crippen molar-refractivity contribution >= 4 is 17.5 Å². The third-order valence-electron chi connectivity index (χ3n) is 3.88. The van der Waals surface area contributed by atoms with E-state index in [-0.39, 0.29) is 36.1 Å². The van der Waals surface area contributed by atoms with Gasteiger partial charge in [-0.2, -0.15) is 0 Å². The maximum absolute atomic E-state index is 12.8. The fraction of sp³-hybridized carbons (Fsp3) is 0.333. The number of rotatable bonds is 3. The van der Waals surface area contributed by atoms with E-state index < -0.39 is 0 Å². The Labute approximate surface area is 116 Å². The summed E-state index contributed by atoms with van der Waals surface area (Å²) in [5, 5.41) is 2.98. The van der Waals surface area contributed by atoms with Crippen molar-refractivity contribution in [3.05, 3.63) is 42.2 Å². The molecule has 1 N–H and O–H groups in total. The van der Waals surface area contributed by atoms with E-state index in [1.54, 1.807) is 12.1 Å². The maximum Gasteiger partial charge on any atom is 0.234 e. The van der Waals surface area contributed by atoms with Gasteiger partial charge in [0.2, 0.25) is 11.8 Å². The Morgan fingerprint density at radius 3 is 2.15 bits per heavy atom. The van der Waals surface area contributed by atoms with Crippen LogP contribution in [0.15, 0.2) is 36.4 Å². The molecule has 5 heteroatoms. The minimum Gasteiger partial charge on any atom is -0.367 e. The predicted molar refractivity (Wildman–Crippen MR) is 72.1 cm³/mol. The van der Waals surface area contributed by atoms with Crippen molar-refractivity contribution in [1.82, 2.24) is 4.90 Å². The Balaban J connectivity index is 1.67. The van der Waals surface area contributed by atoms with Gasteiger partial charge < -0.3 is 5.32 Å². The van der Waals surface area contributed by atoms with Crippen LogP contribution in [0.5, 0.6) is 0 Å². The van der Waals surface area contributed by atoms with E-state index in [0.29, 0.717) is 18.5 Å². The summed E-state index contributed by atoms with van der Waals surface area (Å²) in [6.07, 6.45) is 5.21. The SMILES string of the molecule is O=C1[C@@H]2CC=CC[C@H]2C(=O)N1CNc1ccc(F)cc1. The van der Waals surface area contributed by atoms with Gasteiger partial charge in [-0.1, -0.05) is 12.2 Å². The highest BCUT2D eigenvalue weighted by molar-refractivity contribution is 6.05. The average molecular weight is 274 g/mol. The van der Waals surface area contributed by atoms with Crippen LogP contribution in [-0.2, 0) is 9.59 Å². The number of hydrogen-bond donors (Lipinski definition) is 1. The van der Waals surface area contributed by atoms with Gasteiger partial charge in [0.15, 0.2) is 0 Å². The number of carbonyl (C=O) groups is 2. The zero-order valence-corrected chi connectivity index (χ0v) is 10.9. The summed E-state index contributed by atoms with van der Waals surface area (Å²) in [6, 6.07) is 5.82. The van der Waals surface area contributed by atoms with Crippen LogP contribution < -0.4 is 5.32 Å². The van der Waals surface area contributed by atoms with E-state index in [1.165, 1.54) is 17.0 Å². The van der Waals surface area contributed by atoms with Gasteiger partial charge in [0.1, 0.15) is 5.82 Å². The Hall–Kier alpha value is -2.17. The zero-order valence-electron chi connectivity index (χ0n) is 10.9. The molecule has 0 spiro atoms. The number of allylic oxidation sites excluding steroid dienone is 2. The zero-order chi connectivity index (χ0) is 14.1. The minimum atomic E-state index is -0.319. The number of fused-ring (bicyclic) bond motifs is 1. The molecule has 0 bridgehead atoms. The maximum atomic E-state index is 12.8. The topological polar surface area (TPSA) is 49.4 Å². The minimum absolute atomic E-state index is 0.112. The molecule has 2 aliphatic rings. The molecule has 3 rings (SSSR count). The molecular formula is C15H15FN2O2. The van der Waals surface area contributed by atoms with Crippen molar-refractivity contribution in [2.45, 2.75) is 12.8 Å². The van der Waals surface area contributed by atoms with E-state index in [9.17, 15) is 14.0 Å². The van der Waals surface area contributed by atoms with Crippen molar-refractivity contribution < 1.29 is 14.0 Å². The molecule has 1 aromatic carbocycles. The normalized spacial score (nSPS) is 24.9. The van der Waals surface area contributed by atoms with Gasteiger partial charge in [0.25, 0.3) is 0 Å². The molecule has 1 saturated heterocycles. The molecule has 2 atom stereocenters. The van der Waals surface area contributed by atoms with E-state index in [4.69, 9.17) is 0 Å². The van der Waals surface area contributed by atoms with Gasteiger partial charge in [-0.05, 0) is 37.1 Å². The molecule has 1 aromatic rings. The second kappa shape index (κ2) is 5.07. The number of imide groups is 1. The summed E-state index contributed by atoms with van der Waals surface area (Å²) in [6.45, 7) is 0.135. The van der Waals surface area contributed by atoms with Crippen molar-refractivity contribution in [3.8, 4) is 0 Å². The largest absolute Gasteiger partial charge is 0.367 e. The van der Waals surface area contributed by atoms with Crippen molar-refractivity contribution in [2.24, 2.45) is 11.8 Å². The summed E-state index contributed by atoms with van der Waals surface area (Å²) in [5.74, 6) is -0.955. The first-order valence-electron chi connectivity index (χ1n) is 6.66. The average Bonchev–Trinajstić information content (AvgIpc) is 2.71. The number of hydrogen-bond acceptors (Lipinski definition) is 3. The van der Waals surface area contributed by atoms with Crippen molar-refractivity contribution in [2.75, 3.05) is 12.0 Å². The fourth-order valence-corrected chi connectivity index (χ4v) is 2.76. The number of halogens is 1. The molecule has 1 aliphatic heterocycles.